The summed E-state index contributed by atoms with van der Waals surface area (Å²) >= 11 is 6.16. The molecule has 1 amide bonds. The number of benzene rings is 2. The lowest BCUT2D eigenvalue weighted by Crippen LogP contribution is -2.18. The molecule has 6 heteroatoms. The number of carbonyl (C=O) groups is 1. The molecule has 0 aliphatic heterocycles. The zero-order chi connectivity index (χ0) is 16.8. The molecule has 5 nitrogen and oxygen atoms in total. The van der Waals surface area contributed by atoms with E-state index < -0.39 is 0 Å². The first kappa shape index (κ1) is 16.8. The first-order chi connectivity index (χ1) is 11.1. The van der Waals surface area contributed by atoms with E-state index in [1.165, 1.54) is 20.4 Å². The number of methoxy groups -OCH3 is 2. The molecule has 0 saturated heterocycles. The summed E-state index contributed by atoms with van der Waals surface area (Å²) < 4.78 is 10.4. The van der Waals surface area contributed by atoms with Gasteiger partial charge >= 0.3 is 0 Å². The van der Waals surface area contributed by atoms with E-state index >= 15 is 0 Å². The molecule has 0 saturated carbocycles. The van der Waals surface area contributed by atoms with Crippen LogP contribution in [0.25, 0.3) is 0 Å². The SMILES string of the molecule is COc1cc(Cl)c(/C=N\NC(=O)c2ccccc2C)cc1OC. The Morgan fingerprint density at radius 2 is 1.83 bits per heavy atom. The van der Waals surface area contributed by atoms with Gasteiger partial charge in [-0.2, -0.15) is 5.10 Å². The van der Waals surface area contributed by atoms with Crippen molar-refractivity contribution >= 4 is 23.7 Å². The van der Waals surface area contributed by atoms with Crippen LogP contribution in [-0.4, -0.2) is 26.3 Å². The zero-order valence-electron chi connectivity index (χ0n) is 13.1. The summed E-state index contributed by atoms with van der Waals surface area (Å²) in [4.78, 5) is 12.1. The Bertz CT molecular complexity index is 745. The maximum atomic E-state index is 12.1. The number of carbonyl (C=O) groups excluding carboxylic acids is 1. The number of nitrogens with zero attached hydrogens (tertiary/aromatic N) is 1. The third kappa shape index (κ3) is 4.02. The second-order valence-electron chi connectivity index (χ2n) is 4.74. The number of amides is 1. The van der Waals surface area contributed by atoms with Crippen molar-refractivity contribution in [3.05, 3.63) is 58.1 Å². The van der Waals surface area contributed by atoms with Gasteiger partial charge < -0.3 is 9.47 Å². The van der Waals surface area contributed by atoms with Crippen LogP contribution in [0.2, 0.25) is 5.02 Å². The van der Waals surface area contributed by atoms with Crippen LogP contribution >= 0.6 is 11.6 Å². The summed E-state index contributed by atoms with van der Waals surface area (Å²) in [6.07, 6.45) is 1.46. The van der Waals surface area contributed by atoms with Gasteiger partial charge in [0.25, 0.3) is 5.91 Å². The van der Waals surface area contributed by atoms with Crippen LogP contribution in [0.4, 0.5) is 0 Å². The van der Waals surface area contributed by atoms with Crippen LogP contribution in [0.3, 0.4) is 0 Å². The minimum Gasteiger partial charge on any atom is -0.493 e. The molecule has 0 aliphatic carbocycles. The fourth-order valence-corrected chi connectivity index (χ4v) is 2.22. The van der Waals surface area contributed by atoms with Crippen molar-refractivity contribution in [2.24, 2.45) is 5.10 Å². The van der Waals surface area contributed by atoms with Gasteiger partial charge in [-0.3, -0.25) is 4.79 Å². The van der Waals surface area contributed by atoms with Crippen molar-refractivity contribution < 1.29 is 14.3 Å². The number of nitrogens with one attached hydrogen (secondary N) is 1. The highest BCUT2D eigenvalue weighted by Gasteiger charge is 2.09. The molecule has 0 heterocycles. The smallest absolute Gasteiger partial charge is 0.271 e. The molecule has 2 aromatic rings. The molecule has 0 aliphatic rings. The Balaban J connectivity index is 2.15. The van der Waals surface area contributed by atoms with E-state index in [0.717, 1.165) is 5.56 Å². The number of aryl methyl sites for hydroxylation is 1. The predicted molar refractivity (Wildman–Crippen MR) is 90.8 cm³/mol. The van der Waals surface area contributed by atoms with Crippen LogP contribution in [0, 0.1) is 6.92 Å². The monoisotopic (exact) mass is 332 g/mol. The zero-order valence-corrected chi connectivity index (χ0v) is 13.8. The van der Waals surface area contributed by atoms with Gasteiger partial charge in [-0.1, -0.05) is 29.8 Å². The van der Waals surface area contributed by atoms with Crippen molar-refractivity contribution in [2.75, 3.05) is 14.2 Å². The summed E-state index contributed by atoms with van der Waals surface area (Å²) in [5.74, 6) is 0.776. The minimum absolute atomic E-state index is 0.282. The van der Waals surface area contributed by atoms with Gasteiger partial charge in [0.15, 0.2) is 11.5 Å². The lowest BCUT2D eigenvalue weighted by atomic mass is 10.1. The predicted octanol–water partition coefficient (Wildman–Crippen LogP) is 3.43. The van der Waals surface area contributed by atoms with E-state index in [1.54, 1.807) is 24.3 Å². The molecule has 0 unspecified atom stereocenters. The van der Waals surface area contributed by atoms with E-state index in [2.05, 4.69) is 10.5 Å². The number of hydrogen-bond donors (Lipinski definition) is 1. The highest BCUT2D eigenvalue weighted by molar-refractivity contribution is 6.33. The molecule has 0 aromatic heterocycles. The van der Waals surface area contributed by atoms with Crippen LogP contribution in [-0.2, 0) is 0 Å². The van der Waals surface area contributed by atoms with E-state index in [1.807, 2.05) is 19.1 Å². The first-order valence-electron chi connectivity index (χ1n) is 6.87. The van der Waals surface area contributed by atoms with Gasteiger partial charge in [0, 0.05) is 17.2 Å². The lowest BCUT2D eigenvalue weighted by Gasteiger charge is -2.09. The second-order valence-corrected chi connectivity index (χ2v) is 5.15. The van der Waals surface area contributed by atoms with Crippen molar-refractivity contribution in [1.82, 2.24) is 5.43 Å². The highest BCUT2D eigenvalue weighted by atomic mass is 35.5. The molecule has 0 bridgehead atoms. The van der Waals surface area contributed by atoms with Gasteiger partial charge in [-0.15, -0.1) is 0 Å². The fourth-order valence-electron chi connectivity index (χ4n) is 2.02. The summed E-state index contributed by atoms with van der Waals surface area (Å²) in [5.41, 5.74) is 4.54. The Labute approximate surface area is 139 Å². The first-order valence-corrected chi connectivity index (χ1v) is 7.25. The molecule has 0 fully saturated rings. The van der Waals surface area contributed by atoms with Gasteiger partial charge in [0.1, 0.15) is 0 Å². The highest BCUT2D eigenvalue weighted by Crippen LogP contribution is 2.32. The molecule has 0 atom stereocenters. The van der Waals surface area contributed by atoms with Gasteiger partial charge in [-0.25, -0.2) is 5.43 Å². The summed E-state index contributed by atoms with van der Waals surface area (Å²) in [6, 6.07) is 10.6. The van der Waals surface area contributed by atoms with E-state index in [0.29, 0.717) is 27.6 Å². The average molecular weight is 333 g/mol. The topological polar surface area (TPSA) is 59.9 Å². The third-order valence-electron chi connectivity index (χ3n) is 3.26. The van der Waals surface area contributed by atoms with E-state index in [9.17, 15) is 4.79 Å². The number of ether oxygens (including phenoxy) is 2. The standard InChI is InChI=1S/C17H17ClN2O3/c1-11-6-4-5-7-13(11)17(21)20-19-10-12-8-15(22-2)16(23-3)9-14(12)18/h4-10H,1-3H3,(H,20,21)/b19-10-. The van der Waals surface area contributed by atoms with Crippen LogP contribution in [0.5, 0.6) is 11.5 Å². The minimum atomic E-state index is -0.282. The van der Waals surface area contributed by atoms with E-state index in [4.69, 9.17) is 21.1 Å². The number of rotatable bonds is 5. The second kappa shape index (κ2) is 7.65. The molecule has 2 rings (SSSR count). The summed E-state index contributed by atoms with van der Waals surface area (Å²) in [6.45, 7) is 1.86. The Morgan fingerprint density at radius 3 is 2.48 bits per heavy atom. The Kier molecular flexibility index (Phi) is 5.60. The molecular formula is C17H17ClN2O3. The van der Waals surface area contributed by atoms with Gasteiger partial charge in [-0.05, 0) is 24.6 Å². The van der Waals surface area contributed by atoms with Crippen molar-refractivity contribution in [1.29, 1.82) is 0 Å². The number of hydrogen-bond acceptors (Lipinski definition) is 4. The van der Waals surface area contributed by atoms with Crippen molar-refractivity contribution in [3.8, 4) is 11.5 Å². The maximum absolute atomic E-state index is 12.1. The molecule has 0 radical (unpaired) electrons. The quantitative estimate of drug-likeness (QED) is 0.674. The average Bonchev–Trinajstić information content (AvgIpc) is 2.56. The number of halogens is 1. The Hall–Kier alpha value is -2.53. The van der Waals surface area contributed by atoms with Crippen molar-refractivity contribution in [2.45, 2.75) is 6.92 Å². The van der Waals surface area contributed by atoms with Crippen LogP contribution < -0.4 is 14.9 Å². The molecule has 120 valence electrons. The van der Waals surface area contributed by atoms with E-state index in [-0.39, 0.29) is 5.91 Å². The third-order valence-corrected chi connectivity index (χ3v) is 3.59. The molecule has 1 N–H and O–H groups in total. The number of hydrazone groups is 1. The Morgan fingerprint density at radius 1 is 1.17 bits per heavy atom. The summed E-state index contributed by atoms with van der Waals surface area (Å²) in [5, 5.41) is 4.39. The largest absolute Gasteiger partial charge is 0.493 e. The van der Waals surface area contributed by atoms with Crippen molar-refractivity contribution in [3.63, 3.8) is 0 Å². The fraction of sp³-hybridized carbons (Fsp3) is 0.176. The molecule has 2 aromatic carbocycles. The lowest BCUT2D eigenvalue weighted by molar-refractivity contribution is 0.0954. The van der Waals surface area contributed by atoms with Crippen LogP contribution in [0.1, 0.15) is 21.5 Å². The normalized spacial score (nSPS) is 10.6. The maximum Gasteiger partial charge on any atom is 0.271 e. The summed E-state index contributed by atoms with van der Waals surface area (Å²) in [7, 11) is 3.07. The van der Waals surface area contributed by atoms with Gasteiger partial charge in [0.05, 0.1) is 25.5 Å². The molecular weight excluding hydrogens is 316 g/mol. The van der Waals surface area contributed by atoms with Crippen LogP contribution in [0.15, 0.2) is 41.5 Å². The molecule has 23 heavy (non-hydrogen) atoms. The molecule has 0 spiro atoms. The van der Waals surface area contributed by atoms with Gasteiger partial charge in [0.2, 0.25) is 0 Å².